The van der Waals surface area contributed by atoms with E-state index >= 15 is 0 Å². The number of halogens is 1. The summed E-state index contributed by atoms with van der Waals surface area (Å²) in [5, 5.41) is 10.3. The Morgan fingerprint density at radius 1 is 1.11 bits per heavy atom. The highest BCUT2D eigenvalue weighted by molar-refractivity contribution is 6.30. The standard InChI is InChI=1S/C15H15ClO2/c1-2-15(17)11-6-8-13(9-7-11)18-14-5-3-4-12(16)10-14/h3-10,15,17H,2H2,1H3. The molecule has 0 heterocycles. The van der Waals surface area contributed by atoms with Gasteiger partial charge in [0.25, 0.3) is 0 Å². The second-order valence-electron chi connectivity index (χ2n) is 4.05. The van der Waals surface area contributed by atoms with Crippen LogP contribution >= 0.6 is 11.6 Å². The minimum Gasteiger partial charge on any atom is -0.457 e. The SMILES string of the molecule is CCC(O)c1ccc(Oc2cccc(Cl)c2)cc1. The quantitative estimate of drug-likeness (QED) is 0.874. The highest BCUT2D eigenvalue weighted by Gasteiger charge is 2.04. The van der Waals surface area contributed by atoms with Gasteiger partial charge in [-0.25, -0.2) is 0 Å². The van der Waals surface area contributed by atoms with Crippen LogP contribution in [-0.2, 0) is 0 Å². The molecule has 0 fully saturated rings. The van der Waals surface area contributed by atoms with E-state index in [0.717, 1.165) is 11.3 Å². The van der Waals surface area contributed by atoms with Crippen LogP contribution in [0.15, 0.2) is 48.5 Å². The molecule has 2 rings (SSSR count). The molecule has 0 aliphatic heterocycles. The van der Waals surface area contributed by atoms with Crippen molar-refractivity contribution >= 4 is 11.6 Å². The monoisotopic (exact) mass is 262 g/mol. The Balaban J connectivity index is 2.11. The molecule has 2 aromatic rings. The minimum atomic E-state index is -0.412. The highest BCUT2D eigenvalue weighted by atomic mass is 35.5. The second kappa shape index (κ2) is 5.89. The molecule has 0 aromatic heterocycles. The van der Waals surface area contributed by atoms with Gasteiger partial charge in [0.2, 0.25) is 0 Å². The molecule has 94 valence electrons. The van der Waals surface area contributed by atoms with E-state index in [1.165, 1.54) is 0 Å². The summed E-state index contributed by atoms with van der Waals surface area (Å²) in [5.41, 5.74) is 0.899. The van der Waals surface area contributed by atoms with Crippen molar-refractivity contribution in [1.29, 1.82) is 0 Å². The first kappa shape index (κ1) is 12.9. The Kier molecular flexibility index (Phi) is 4.24. The average molecular weight is 263 g/mol. The van der Waals surface area contributed by atoms with Gasteiger partial charge in [0.05, 0.1) is 6.10 Å². The fraction of sp³-hybridized carbons (Fsp3) is 0.200. The molecule has 0 saturated heterocycles. The molecule has 2 nitrogen and oxygen atoms in total. The van der Waals surface area contributed by atoms with Gasteiger partial charge in [0.1, 0.15) is 11.5 Å². The van der Waals surface area contributed by atoms with Gasteiger partial charge in [-0.05, 0) is 42.3 Å². The Labute approximate surface area is 112 Å². The van der Waals surface area contributed by atoms with Gasteiger partial charge in [-0.2, -0.15) is 0 Å². The van der Waals surface area contributed by atoms with Crippen molar-refractivity contribution in [1.82, 2.24) is 0 Å². The number of benzene rings is 2. The Morgan fingerprint density at radius 2 is 1.83 bits per heavy atom. The zero-order valence-electron chi connectivity index (χ0n) is 10.1. The molecule has 0 bridgehead atoms. The molecule has 0 saturated carbocycles. The van der Waals surface area contributed by atoms with Crippen molar-refractivity contribution in [2.75, 3.05) is 0 Å². The average Bonchev–Trinajstić information content (AvgIpc) is 2.39. The van der Waals surface area contributed by atoms with E-state index in [1.54, 1.807) is 12.1 Å². The first-order chi connectivity index (χ1) is 8.69. The van der Waals surface area contributed by atoms with Crippen LogP contribution in [0.1, 0.15) is 25.0 Å². The molecular weight excluding hydrogens is 248 g/mol. The Morgan fingerprint density at radius 3 is 2.44 bits per heavy atom. The predicted octanol–water partition coefficient (Wildman–Crippen LogP) is 4.58. The number of ether oxygens (including phenoxy) is 1. The lowest BCUT2D eigenvalue weighted by atomic mass is 10.1. The van der Waals surface area contributed by atoms with Crippen LogP contribution in [0.25, 0.3) is 0 Å². The van der Waals surface area contributed by atoms with Crippen LogP contribution < -0.4 is 4.74 Å². The molecule has 18 heavy (non-hydrogen) atoms. The Hall–Kier alpha value is -1.51. The van der Waals surface area contributed by atoms with Crippen LogP contribution in [0.5, 0.6) is 11.5 Å². The molecule has 0 amide bonds. The molecular formula is C15H15ClO2. The van der Waals surface area contributed by atoms with Crippen LogP contribution in [0, 0.1) is 0 Å². The van der Waals surface area contributed by atoms with Crippen LogP contribution in [-0.4, -0.2) is 5.11 Å². The number of aliphatic hydroxyl groups excluding tert-OH is 1. The molecule has 3 heteroatoms. The summed E-state index contributed by atoms with van der Waals surface area (Å²) in [5.74, 6) is 1.43. The number of rotatable bonds is 4. The minimum absolute atomic E-state index is 0.412. The van der Waals surface area contributed by atoms with Crippen molar-refractivity contribution < 1.29 is 9.84 Å². The second-order valence-corrected chi connectivity index (χ2v) is 4.49. The molecule has 2 aromatic carbocycles. The molecule has 0 aliphatic carbocycles. The van der Waals surface area contributed by atoms with Gasteiger partial charge in [-0.15, -0.1) is 0 Å². The summed E-state index contributed by atoms with van der Waals surface area (Å²) in [7, 11) is 0. The van der Waals surface area contributed by atoms with E-state index in [4.69, 9.17) is 16.3 Å². The molecule has 0 spiro atoms. The predicted molar refractivity (Wildman–Crippen MR) is 73.2 cm³/mol. The third-order valence-electron chi connectivity index (χ3n) is 2.68. The maximum Gasteiger partial charge on any atom is 0.128 e. The van der Waals surface area contributed by atoms with Gasteiger partial charge in [0, 0.05) is 5.02 Å². The summed E-state index contributed by atoms with van der Waals surface area (Å²) in [6.07, 6.45) is 0.291. The van der Waals surface area contributed by atoms with Crippen LogP contribution in [0.2, 0.25) is 5.02 Å². The summed E-state index contributed by atoms with van der Waals surface area (Å²) < 4.78 is 5.66. The molecule has 1 atom stereocenters. The maximum atomic E-state index is 9.69. The first-order valence-corrected chi connectivity index (χ1v) is 6.28. The van der Waals surface area contributed by atoms with Crippen LogP contribution in [0.4, 0.5) is 0 Å². The largest absolute Gasteiger partial charge is 0.457 e. The smallest absolute Gasteiger partial charge is 0.128 e. The third kappa shape index (κ3) is 3.25. The maximum absolute atomic E-state index is 9.69. The van der Waals surface area contributed by atoms with E-state index in [9.17, 15) is 5.11 Å². The fourth-order valence-corrected chi connectivity index (χ4v) is 1.84. The summed E-state index contributed by atoms with van der Waals surface area (Å²) in [6.45, 7) is 1.95. The first-order valence-electron chi connectivity index (χ1n) is 5.90. The lowest BCUT2D eigenvalue weighted by molar-refractivity contribution is 0.173. The van der Waals surface area contributed by atoms with Crippen LogP contribution in [0.3, 0.4) is 0 Å². The summed E-state index contributed by atoms with van der Waals surface area (Å²) in [6, 6.07) is 14.7. The zero-order valence-corrected chi connectivity index (χ0v) is 10.9. The van der Waals surface area contributed by atoms with Gasteiger partial charge >= 0.3 is 0 Å². The lowest BCUT2D eigenvalue weighted by Gasteiger charge is -2.10. The van der Waals surface area contributed by atoms with Crippen molar-refractivity contribution in [2.24, 2.45) is 0 Å². The van der Waals surface area contributed by atoms with Gasteiger partial charge in [0.15, 0.2) is 0 Å². The van der Waals surface area contributed by atoms with E-state index in [-0.39, 0.29) is 0 Å². The van der Waals surface area contributed by atoms with Crippen molar-refractivity contribution in [3.63, 3.8) is 0 Å². The van der Waals surface area contributed by atoms with E-state index in [1.807, 2.05) is 43.3 Å². The van der Waals surface area contributed by atoms with Crippen molar-refractivity contribution in [3.05, 3.63) is 59.1 Å². The van der Waals surface area contributed by atoms with Gasteiger partial charge < -0.3 is 9.84 Å². The lowest BCUT2D eigenvalue weighted by Crippen LogP contribution is -1.94. The summed E-state index contributed by atoms with van der Waals surface area (Å²) >= 11 is 5.88. The van der Waals surface area contributed by atoms with Gasteiger partial charge in [-0.1, -0.05) is 36.7 Å². The van der Waals surface area contributed by atoms with Gasteiger partial charge in [-0.3, -0.25) is 0 Å². The fourth-order valence-electron chi connectivity index (χ4n) is 1.66. The van der Waals surface area contributed by atoms with E-state index in [2.05, 4.69) is 0 Å². The molecule has 1 N–H and O–H groups in total. The third-order valence-corrected chi connectivity index (χ3v) is 2.92. The number of aliphatic hydroxyl groups is 1. The summed E-state index contributed by atoms with van der Waals surface area (Å²) in [4.78, 5) is 0. The highest BCUT2D eigenvalue weighted by Crippen LogP contribution is 2.26. The normalized spacial score (nSPS) is 12.2. The number of hydrogen-bond acceptors (Lipinski definition) is 2. The van der Waals surface area contributed by atoms with E-state index in [0.29, 0.717) is 17.2 Å². The van der Waals surface area contributed by atoms with Crippen molar-refractivity contribution in [3.8, 4) is 11.5 Å². The topological polar surface area (TPSA) is 29.5 Å². The molecule has 0 aliphatic rings. The molecule has 0 radical (unpaired) electrons. The van der Waals surface area contributed by atoms with Crippen molar-refractivity contribution in [2.45, 2.75) is 19.4 Å². The van der Waals surface area contributed by atoms with E-state index < -0.39 is 6.10 Å². The Bertz CT molecular complexity index is 508. The number of hydrogen-bond donors (Lipinski definition) is 1. The zero-order chi connectivity index (χ0) is 13.0. The molecule has 1 unspecified atom stereocenters.